The number of nitrogens with zero attached hydrogens (tertiary/aromatic N) is 4. The second kappa shape index (κ2) is 5.49. The summed E-state index contributed by atoms with van der Waals surface area (Å²) < 4.78 is 8.85. The Morgan fingerprint density at radius 1 is 1.47 bits per heavy atom. The van der Waals surface area contributed by atoms with Crippen LogP contribution in [0, 0.1) is 0 Å². The van der Waals surface area contributed by atoms with Gasteiger partial charge in [0.05, 0.1) is 11.9 Å². The average molecular weight is 235 g/mol. The third-order valence-electron chi connectivity index (χ3n) is 2.42. The second-order valence-corrected chi connectivity index (χ2v) is 3.82. The molecule has 0 aliphatic heterocycles. The number of anilines is 2. The molecule has 0 radical (unpaired) electrons. The van der Waals surface area contributed by atoms with E-state index in [2.05, 4.69) is 20.0 Å². The van der Waals surface area contributed by atoms with Gasteiger partial charge in [-0.3, -0.25) is 4.68 Å². The third-order valence-corrected chi connectivity index (χ3v) is 2.42. The molecular weight excluding hydrogens is 218 g/mol. The number of methoxy groups -OCH3 is 1. The van der Waals surface area contributed by atoms with Gasteiger partial charge in [-0.2, -0.15) is 5.10 Å². The summed E-state index contributed by atoms with van der Waals surface area (Å²) in [5, 5.41) is 7.33. The van der Waals surface area contributed by atoms with Crippen LogP contribution in [0.4, 0.5) is 11.6 Å². The average Bonchev–Trinajstić information content (AvgIpc) is 2.90. The van der Waals surface area contributed by atoms with Gasteiger partial charge in [-0.1, -0.05) is 0 Å². The molecule has 2 aromatic rings. The van der Waals surface area contributed by atoms with E-state index in [9.17, 15) is 0 Å². The van der Waals surface area contributed by atoms with Gasteiger partial charge in [0.1, 0.15) is 0 Å². The zero-order valence-corrected chi connectivity index (χ0v) is 10.1. The van der Waals surface area contributed by atoms with Crippen LogP contribution in [0.5, 0.6) is 0 Å². The monoisotopic (exact) mass is 235 g/mol. The number of hydrogen-bond acceptors (Lipinski definition) is 4. The number of hydrogen-bond donors (Lipinski definition) is 1. The highest BCUT2D eigenvalue weighted by Crippen LogP contribution is 2.13. The summed E-state index contributed by atoms with van der Waals surface area (Å²) in [6.45, 7) is 1.64. The van der Waals surface area contributed by atoms with E-state index in [4.69, 9.17) is 4.74 Å². The summed E-state index contributed by atoms with van der Waals surface area (Å²) in [6, 6.07) is 0. The van der Waals surface area contributed by atoms with Crippen molar-refractivity contribution in [3.05, 3.63) is 24.8 Å². The summed E-state index contributed by atoms with van der Waals surface area (Å²) in [5.74, 6) is 0.828. The molecule has 0 saturated heterocycles. The number of imidazole rings is 1. The first-order chi connectivity index (χ1) is 8.29. The van der Waals surface area contributed by atoms with Crippen LogP contribution in [0.15, 0.2) is 24.8 Å². The first kappa shape index (κ1) is 11.7. The highest BCUT2D eigenvalue weighted by molar-refractivity contribution is 5.50. The topological polar surface area (TPSA) is 56.9 Å². The first-order valence-electron chi connectivity index (χ1n) is 5.55. The van der Waals surface area contributed by atoms with Gasteiger partial charge in [0.15, 0.2) is 0 Å². The van der Waals surface area contributed by atoms with E-state index in [1.807, 2.05) is 19.4 Å². The second-order valence-electron chi connectivity index (χ2n) is 3.82. The molecule has 0 fully saturated rings. The minimum absolute atomic E-state index is 0.754. The van der Waals surface area contributed by atoms with E-state index in [1.54, 1.807) is 24.2 Å². The number of aryl methyl sites for hydroxylation is 2. The first-order valence-corrected chi connectivity index (χ1v) is 5.55. The summed E-state index contributed by atoms with van der Waals surface area (Å²) >= 11 is 0. The summed E-state index contributed by atoms with van der Waals surface area (Å²) in [5.41, 5.74) is 0.937. The van der Waals surface area contributed by atoms with Gasteiger partial charge in [0, 0.05) is 45.9 Å². The minimum Gasteiger partial charge on any atom is -0.385 e. The fourth-order valence-corrected chi connectivity index (χ4v) is 1.61. The quantitative estimate of drug-likeness (QED) is 0.769. The van der Waals surface area contributed by atoms with Crippen molar-refractivity contribution in [3.8, 4) is 0 Å². The number of nitrogens with one attached hydrogen (secondary N) is 1. The van der Waals surface area contributed by atoms with Crippen molar-refractivity contribution in [3.63, 3.8) is 0 Å². The van der Waals surface area contributed by atoms with Crippen LogP contribution in [0.2, 0.25) is 0 Å². The number of ether oxygens (including phenoxy) is 1. The van der Waals surface area contributed by atoms with Crippen LogP contribution in [0.1, 0.15) is 6.42 Å². The predicted octanol–water partition coefficient (Wildman–Crippen LogP) is 1.40. The predicted molar refractivity (Wildman–Crippen MR) is 65.2 cm³/mol. The molecule has 6 heteroatoms. The number of rotatable bonds is 6. The maximum Gasteiger partial charge on any atom is 0.207 e. The van der Waals surface area contributed by atoms with Crippen LogP contribution < -0.4 is 5.32 Å². The Balaban J connectivity index is 1.98. The van der Waals surface area contributed by atoms with E-state index in [-0.39, 0.29) is 0 Å². The summed E-state index contributed by atoms with van der Waals surface area (Å²) in [7, 11) is 3.60. The molecule has 0 spiro atoms. The SMILES string of the molecule is COCCCn1ccnc1Nc1cnn(C)c1. The molecule has 92 valence electrons. The standard InChI is InChI=1S/C11H17N5O/c1-15-9-10(8-13-15)14-11-12-4-6-16(11)5-3-7-17-2/h4,6,8-9H,3,5,7H2,1-2H3,(H,12,14). The van der Waals surface area contributed by atoms with Gasteiger partial charge in [0.2, 0.25) is 5.95 Å². The fraction of sp³-hybridized carbons (Fsp3) is 0.455. The highest BCUT2D eigenvalue weighted by Gasteiger charge is 2.03. The molecule has 1 N–H and O–H groups in total. The molecule has 0 atom stereocenters. The lowest BCUT2D eigenvalue weighted by Gasteiger charge is -2.07. The Labute approximate surface area is 100 Å². The minimum atomic E-state index is 0.754. The highest BCUT2D eigenvalue weighted by atomic mass is 16.5. The molecule has 0 amide bonds. The van der Waals surface area contributed by atoms with Gasteiger partial charge in [0.25, 0.3) is 0 Å². The maximum absolute atomic E-state index is 5.03. The van der Waals surface area contributed by atoms with Crippen molar-refractivity contribution in [1.29, 1.82) is 0 Å². The molecule has 0 saturated carbocycles. The Hall–Kier alpha value is -1.82. The van der Waals surface area contributed by atoms with Gasteiger partial charge in [-0.15, -0.1) is 0 Å². The Morgan fingerprint density at radius 2 is 2.35 bits per heavy atom. The lowest BCUT2D eigenvalue weighted by atomic mass is 10.4. The molecule has 0 bridgehead atoms. The Bertz CT molecular complexity index is 462. The van der Waals surface area contributed by atoms with Crippen LogP contribution in [-0.2, 0) is 18.3 Å². The third kappa shape index (κ3) is 3.07. The molecular formula is C11H17N5O. The van der Waals surface area contributed by atoms with E-state index in [1.165, 1.54) is 0 Å². The Kier molecular flexibility index (Phi) is 3.77. The van der Waals surface area contributed by atoms with Crippen molar-refractivity contribution in [1.82, 2.24) is 19.3 Å². The molecule has 0 unspecified atom stereocenters. The fourth-order valence-electron chi connectivity index (χ4n) is 1.61. The molecule has 0 aromatic carbocycles. The van der Waals surface area contributed by atoms with E-state index >= 15 is 0 Å². The van der Waals surface area contributed by atoms with Crippen LogP contribution >= 0.6 is 0 Å². The summed E-state index contributed by atoms with van der Waals surface area (Å²) in [6.07, 6.45) is 8.39. The smallest absolute Gasteiger partial charge is 0.207 e. The van der Waals surface area contributed by atoms with Crippen molar-refractivity contribution >= 4 is 11.6 Å². The van der Waals surface area contributed by atoms with E-state index < -0.39 is 0 Å². The molecule has 0 aliphatic carbocycles. The molecule has 2 rings (SSSR count). The van der Waals surface area contributed by atoms with Crippen molar-refractivity contribution in [2.45, 2.75) is 13.0 Å². The van der Waals surface area contributed by atoms with Crippen LogP contribution in [-0.4, -0.2) is 33.0 Å². The molecule has 0 aliphatic rings. The molecule has 2 heterocycles. The lowest BCUT2D eigenvalue weighted by Crippen LogP contribution is -2.05. The van der Waals surface area contributed by atoms with Crippen LogP contribution in [0.25, 0.3) is 0 Å². The van der Waals surface area contributed by atoms with Gasteiger partial charge in [-0.05, 0) is 6.42 Å². The van der Waals surface area contributed by atoms with E-state index in [0.29, 0.717) is 0 Å². The zero-order valence-electron chi connectivity index (χ0n) is 10.1. The Morgan fingerprint density at radius 3 is 3.06 bits per heavy atom. The van der Waals surface area contributed by atoms with Crippen LogP contribution in [0.3, 0.4) is 0 Å². The molecule has 2 aromatic heterocycles. The van der Waals surface area contributed by atoms with Crippen molar-refractivity contribution in [2.24, 2.45) is 7.05 Å². The zero-order chi connectivity index (χ0) is 12.1. The van der Waals surface area contributed by atoms with Gasteiger partial charge >= 0.3 is 0 Å². The normalized spacial score (nSPS) is 10.7. The van der Waals surface area contributed by atoms with Gasteiger partial charge in [-0.25, -0.2) is 4.98 Å². The van der Waals surface area contributed by atoms with Crippen molar-refractivity contribution < 1.29 is 4.74 Å². The maximum atomic E-state index is 5.03. The summed E-state index contributed by atoms with van der Waals surface area (Å²) in [4.78, 5) is 4.27. The molecule has 17 heavy (non-hydrogen) atoms. The lowest BCUT2D eigenvalue weighted by molar-refractivity contribution is 0.190. The van der Waals surface area contributed by atoms with E-state index in [0.717, 1.165) is 31.2 Å². The number of aromatic nitrogens is 4. The van der Waals surface area contributed by atoms with Gasteiger partial charge < -0.3 is 14.6 Å². The molecule has 6 nitrogen and oxygen atoms in total. The van der Waals surface area contributed by atoms with Crippen molar-refractivity contribution in [2.75, 3.05) is 19.0 Å². The largest absolute Gasteiger partial charge is 0.385 e.